The largest absolute Gasteiger partial charge is 0.463 e. The van der Waals surface area contributed by atoms with Gasteiger partial charge < -0.3 is 19.6 Å². The molecule has 0 fully saturated rings. The van der Waals surface area contributed by atoms with Gasteiger partial charge in [0.25, 0.3) is 0 Å². The molecule has 0 saturated carbocycles. The molecular formula is C13H18F3NO4. The van der Waals surface area contributed by atoms with E-state index in [0.29, 0.717) is 5.76 Å². The van der Waals surface area contributed by atoms with Crippen molar-refractivity contribution in [2.45, 2.75) is 38.7 Å². The Morgan fingerprint density at radius 3 is 2.57 bits per heavy atom. The maximum absolute atomic E-state index is 12.0. The van der Waals surface area contributed by atoms with E-state index >= 15 is 0 Å². The predicted octanol–water partition coefficient (Wildman–Crippen LogP) is 1.88. The number of carbonyl (C=O) groups excluding carboxylic acids is 1. The Balaban J connectivity index is 2.48. The molecule has 0 aliphatic carbocycles. The first-order valence-corrected chi connectivity index (χ1v) is 6.26. The van der Waals surface area contributed by atoms with E-state index in [0.717, 1.165) is 0 Å². The van der Waals surface area contributed by atoms with Crippen molar-refractivity contribution in [3.8, 4) is 0 Å². The number of halogens is 3. The summed E-state index contributed by atoms with van der Waals surface area (Å²) < 4.78 is 45.6. The molecule has 0 spiro atoms. The maximum atomic E-state index is 12.0. The number of rotatable bonds is 6. The molecule has 5 nitrogen and oxygen atoms in total. The summed E-state index contributed by atoms with van der Waals surface area (Å²) in [5.74, 6) is 0.102. The molecule has 0 saturated heterocycles. The Morgan fingerprint density at radius 1 is 1.48 bits per heavy atom. The van der Waals surface area contributed by atoms with Gasteiger partial charge in [-0.3, -0.25) is 4.79 Å². The zero-order chi connectivity index (χ0) is 16.3. The minimum absolute atomic E-state index is 0.210. The van der Waals surface area contributed by atoms with E-state index in [4.69, 9.17) is 4.42 Å². The summed E-state index contributed by atoms with van der Waals surface area (Å²) in [6.45, 7) is 2.61. The van der Waals surface area contributed by atoms with Crippen molar-refractivity contribution in [2.24, 2.45) is 0 Å². The van der Waals surface area contributed by atoms with Crippen LogP contribution in [0.3, 0.4) is 0 Å². The Bertz CT molecular complexity index is 482. The van der Waals surface area contributed by atoms with E-state index < -0.39 is 30.4 Å². The van der Waals surface area contributed by atoms with E-state index in [1.807, 2.05) is 0 Å². The number of furan rings is 1. The first-order chi connectivity index (χ1) is 9.51. The molecule has 1 rings (SSSR count). The second kappa shape index (κ2) is 6.48. The molecule has 2 N–H and O–H groups in total. The zero-order valence-corrected chi connectivity index (χ0v) is 12.0. The SMILES string of the molecule is Cc1ccc(C(C)(O)CNC(=O)C(C)OCC(F)(F)F)o1. The number of aliphatic hydroxyl groups is 1. The van der Waals surface area contributed by atoms with Crippen molar-refractivity contribution in [2.75, 3.05) is 13.2 Å². The van der Waals surface area contributed by atoms with E-state index in [1.165, 1.54) is 13.8 Å². The third-order valence-corrected chi connectivity index (χ3v) is 2.74. The van der Waals surface area contributed by atoms with Crippen molar-refractivity contribution < 1.29 is 32.2 Å². The molecule has 2 unspecified atom stereocenters. The summed E-state index contributed by atoms with van der Waals surface area (Å²) in [7, 11) is 0. The smallest absolute Gasteiger partial charge is 0.411 e. The van der Waals surface area contributed by atoms with Crippen LogP contribution in [-0.2, 0) is 15.1 Å². The van der Waals surface area contributed by atoms with Crippen LogP contribution in [0.25, 0.3) is 0 Å². The van der Waals surface area contributed by atoms with E-state index in [2.05, 4.69) is 10.1 Å². The molecule has 0 aliphatic heterocycles. The molecule has 8 heteroatoms. The highest BCUT2D eigenvalue weighted by Crippen LogP contribution is 2.22. The van der Waals surface area contributed by atoms with Crippen LogP contribution in [0.5, 0.6) is 0 Å². The topological polar surface area (TPSA) is 71.7 Å². The Kier molecular flexibility index (Phi) is 5.41. The van der Waals surface area contributed by atoms with Crippen molar-refractivity contribution in [3.05, 3.63) is 23.7 Å². The number of hydrogen-bond donors (Lipinski definition) is 2. The van der Waals surface area contributed by atoms with Crippen LogP contribution in [0.4, 0.5) is 13.2 Å². The highest BCUT2D eigenvalue weighted by molar-refractivity contribution is 5.80. The average Bonchev–Trinajstić information content (AvgIpc) is 2.79. The molecule has 120 valence electrons. The van der Waals surface area contributed by atoms with Crippen LogP contribution < -0.4 is 5.32 Å². The monoisotopic (exact) mass is 309 g/mol. The van der Waals surface area contributed by atoms with E-state index in [9.17, 15) is 23.1 Å². The van der Waals surface area contributed by atoms with E-state index in [-0.39, 0.29) is 12.3 Å². The van der Waals surface area contributed by atoms with Gasteiger partial charge in [-0.2, -0.15) is 13.2 Å². The van der Waals surface area contributed by atoms with Crippen molar-refractivity contribution in [1.29, 1.82) is 0 Å². The summed E-state index contributed by atoms with van der Waals surface area (Å²) in [4.78, 5) is 11.6. The van der Waals surface area contributed by atoms with Crippen LogP contribution in [0.1, 0.15) is 25.4 Å². The fraction of sp³-hybridized carbons (Fsp3) is 0.615. The fourth-order valence-corrected chi connectivity index (χ4v) is 1.51. The lowest BCUT2D eigenvalue weighted by molar-refractivity contribution is -0.185. The van der Waals surface area contributed by atoms with Crippen LogP contribution in [0.2, 0.25) is 0 Å². The lowest BCUT2D eigenvalue weighted by Crippen LogP contribution is -2.43. The van der Waals surface area contributed by atoms with Gasteiger partial charge in [-0.1, -0.05) is 0 Å². The third-order valence-electron chi connectivity index (χ3n) is 2.74. The molecule has 21 heavy (non-hydrogen) atoms. The van der Waals surface area contributed by atoms with Gasteiger partial charge in [0.2, 0.25) is 5.91 Å². The third kappa shape index (κ3) is 5.76. The van der Waals surface area contributed by atoms with Gasteiger partial charge in [0, 0.05) is 0 Å². The molecular weight excluding hydrogens is 291 g/mol. The van der Waals surface area contributed by atoms with Gasteiger partial charge in [-0.05, 0) is 32.9 Å². The number of ether oxygens (including phenoxy) is 1. The molecule has 2 atom stereocenters. The summed E-state index contributed by atoms with van der Waals surface area (Å²) in [6.07, 6.45) is -5.77. The second-order valence-electron chi connectivity index (χ2n) is 4.97. The van der Waals surface area contributed by atoms with Gasteiger partial charge in [0.1, 0.15) is 29.8 Å². The minimum atomic E-state index is -4.49. The molecule has 0 bridgehead atoms. The lowest BCUT2D eigenvalue weighted by atomic mass is 10.0. The zero-order valence-electron chi connectivity index (χ0n) is 12.0. The van der Waals surface area contributed by atoms with Gasteiger partial charge in [0.15, 0.2) is 0 Å². The number of carbonyl (C=O) groups is 1. The molecule has 1 amide bonds. The van der Waals surface area contributed by atoms with Gasteiger partial charge in [-0.25, -0.2) is 0 Å². The Morgan fingerprint density at radius 2 is 2.10 bits per heavy atom. The number of aryl methyl sites for hydroxylation is 1. The van der Waals surface area contributed by atoms with Crippen LogP contribution >= 0.6 is 0 Å². The lowest BCUT2D eigenvalue weighted by Gasteiger charge is -2.22. The normalized spacial score (nSPS) is 16.3. The van der Waals surface area contributed by atoms with Crippen LogP contribution in [-0.4, -0.2) is 36.4 Å². The summed E-state index contributed by atoms with van der Waals surface area (Å²) in [6, 6.07) is 3.21. The Labute approximate surface area is 120 Å². The molecule has 1 aromatic rings. The highest BCUT2D eigenvalue weighted by Gasteiger charge is 2.31. The van der Waals surface area contributed by atoms with Crippen molar-refractivity contribution in [1.82, 2.24) is 5.32 Å². The number of alkyl halides is 3. The Hall–Kier alpha value is -1.54. The molecule has 0 aromatic carbocycles. The van der Waals surface area contributed by atoms with Crippen LogP contribution in [0.15, 0.2) is 16.5 Å². The average molecular weight is 309 g/mol. The number of hydrogen-bond acceptors (Lipinski definition) is 4. The van der Waals surface area contributed by atoms with Gasteiger partial charge in [-0.15, -0.1) is 0 Å². The first-order valence-electron chi connectivity index (χ1n) is 6.26. The molecule has 1 heterocycles. The summed E-state index contributed by atoms with van der Waals surface area (Å²) in [5, 5.41) is 12.5. The molecule has 0 radical (unpaired) electrons. The van der Waals surface area contributed by atoms with Gasteiger partial charge >= 0.3 is 6.18 Å². The second-order valence-corrected chi connectivity index (χ2v) is 4.97. The fourth-order valence-electron chi connectivity index (χ4n) is 1.51. The predicted molar refractivity (Wildman–Crippen MR) is 67.5 cm³/mol. The van der Waals surface area contributed by atoms with Crippen molar-refractivity contribution >= 4 is 5.91 Å². The molecule has 1 aromatic heterocycles. The number of amides is 1. The van der Waals surface area contributed by atoms with Gasteiger partial charge in [0.05, 0.1) is 6.54 Å². The summed E-state index contributed by atoms with van der Waals surface area (Å²) >= 11 is 0. The number of nitrogens with one attached hydrogen (secondary N) is 1. The quantitative estimate of drug-likeness (QED) is 0.841. The molecule has 0 aliphatic rings. The maximum Gasteiger partial charge on any atom is 0.411 e. The van der Waals surface area contributed by atoms with Crippen LogP contribution in [0, 0.1) is 6.92 Å². The van der Waals surface area contributed by atoms with E-state index in [1.54, 1.807) is 19.1 Å². The highest BCUT2D eigenvalue weighted by atomic mass is 19.4. The minimum Gasteiger partial charge on any atom is -0.463 e. The summed E-state index contributed by atoms with van der Waals surface area (Å²) in [5.41, 5.74) is -1.46. The first kappa shape index (κ1) is 17.5. The van der Waals surface area contributed by atoms with Crippen molar-refractivity contribution in [3.63, 3.8) is 0 Å². The standard InChI is InChI=1S/C13H18F3NO4/c1-8-4-5-10(21-8)12(3,19)6-17-11(18)9(2)20-7-13(14,15)16/h4-5,9,19H,6-7H2,1-3H3,(H,17,18).